The van der Waals surface area contributed by atoms with Crippen LogP contribution in [0.4, 0.5) is 0 Å². The Bertz CT molecular complexity index is 798. The number of carbonyl (C=O) groups is 2. The summed E-state index contributed by atoms with van der Waals surface area (Å²) in [6, 6.07) is 8.04. The number of rotatable bonds is 5. The first-order valence-corrected chi connectivity index (χ1v) is 11.3. The molecule has 3 aliphatic rings. The van der Waals surface area contributed by atoms with Crippen molar-refractivity contribution in [3.05, 3.63) is 35.4 Å². The zero-order chi connectivity index (χ0) is 21.4. The molecule has 2 heterocycles. The third kappa shape index (κ3) is 4.54. The lowest BCUT2D eigenvalue weighted by atomic mass is 9.73. The van der Waals surface area contributed by atoms with Crippen molar-refractivity contribution in [3.8, 4) is 0 Å². The number of benzene rings is 1. The Morgan fingerprint density at radius 3 is 2.63 bits per heavy atom. The van der Waals surface area contributed by atoms with E-state index >= 15 is 0 Å². The fourth-order valence-electron chi connectivity index (χ4n) is 5.01. The summed E-state index contributed by atoms with van der Waals surface area (Å²) in [4.78, 5) is 27.1. The van der Waals surface area contributed by atoms with Crippen LogP contribution in [0.5, 0.6) is 0 Å². The molecule has 4 rings (SSSR count). The molecule has 1 spiro atoms. The van der Waals surface area contributed by atoms with Crippen molar-refractivity contribution in [2.24, 2.45) is 5.92 Å². The van der Waals surface area contributed by atoms with Gasteiger partial charge in [-0.15, -0.1) is 0 Å². The van der Waals surface area contributed by atoms with Crippen LogP contribution in [-0.2, 0) is 20.7 Å². The Hall–Kier alpha value is -1.92. The molecule has 164 valence electrons. The first kappa shape index (κ1) is 21.3. The highest BCUT2D eigenvalue weighted by Gasteiger charge is 2.54. The van der Waals surface area contributed by atoms with Gasteiger partial charge in [-0.2, -0.15) is 0 Å². The number of nitrogens with zero attached hydrogens (tertiary/aromatic N) is 1. The summed E-state index contributed by atoms with van der Waals surface area (Å²) in [5.41, 5.74) is 0.803. The van der Waals surface area contributed by atoms with Crippen LogP contribution in [0.3, 0.4) is 0 Å². The molecule has 30 heavy (non-hydrogen) atoms. The van der Waals surface area contributed by atoms with E-state index in [2.05, 4.69) is 5.32 Å². The van der Waals surface area contributed by atoms with E-state index in [0.717, 1.165) is 24.0 Å². The van der Waals surface area contributed by atoms with E-state index in [1.807, 2.05) is 43.0 Å². The molecular formula is C24H34N2O4. The number of aliphatic hydroxyl groups is 1. The van der Waals surface area contributed by atoms with Crippen LogP contribution in [-0.4, -0.2) is 58.8 Å². The van der Waals surface area contributed by atoms with Crippen LogP contribution in [0, 0.1) is 12.8 Å². The highest BCUT2D eigenvalue weighted by Crippen LogP contribution is 2.40. The molecule has 3 fully saturated rings. The van der Waals surface area contributed by atoms with Crippen molar-refractivity contribution in [1.29, 1.82) is 0 Å². The number of hydrogen-bond donors (Lipinski definition) is 2. The number of amides is 2. The Morgan fingerprint density at radius 2 is 1.97 bits per heavy atom. The van der Waals surface area contributed by atoms with Crippen molar-refractivity contribution in [1.82, 2.24) is 10.2 Å². The van der Waals surface area contributed by atoms with E-state index in [4.69, 9.17) is 4.74 Å². The molecule has 1 aliphatic carbocycles. The molecule has 0 radical (unpaired) electrons. The Morgan fingerprint density at radius 1 is 1.23 bits per heavy atom. The second kappa shape index (κ2) is 8.31. The van der Waals surface area contributed by atoms with Gasteiger partial charge in [-0.25, -0.2) is 0 Å². The van der Waals surface area contributed by atoms with Crippen LogP contribution in [0.1, 0.15) is 56.6 Å². The molecule has 1 aromatic carbocycles. The fourth-order valence-corrected chi connectivity index (χ4v) is 5.01. The van der Waals surface area contributed by atoms with Gasteiger partial charge in [-0.1, -0.05) is 29.8 Å². The van der Waals surface area contributed by atoms with Gasteiger partial charge in [0.2, 0.25) is 11.8 Å². The number of nitrogens with one attached hydrogen (secondary N) is 1. The SMILES string of the molecule is Cc1cccc(CC(=O)N2CCC3(CC2)OCC[C@@](C)(NC(=O)CC2CC2)C3O)c1. The van der Waals surface area contributed by atoms with Gasteiger partial charge in [0, 0.05) is 26.1 Å². The van der Waals surface area contributed by atoms with Crippen molar-refractivity contribution >= 4 is 11.8 Å². The molecule has 6 nitrogen and oxygen atoms in total. The fraction of sp³-hybridized carbons (Fsp3) is 0.667. The lowest BCUT2D eigenvalue weighted by Gasteiger charge is -2.53. The number of ether oxygens (including phenoxy) is 1. The molecule has 6 heteroatoms. The van der Waals surface area contributed by atoms with Crippen molar-refractivity contribution in [2.45, 2.75) is 76.0 Å². The number of aryl methyl sites for hydroxylation is 1. The van der Waals surface area contributed by atoms with E-state index < -0.39 is 17.2 Å². The normalized spacial score (nSPS) is 28.4. The quantitative estimate of drug-likeness (QED) is 0.775. The minimum Gasteiger partial charge on any atom is -0.388 e. The van der Waals surface area contributed by atoms with E-state index in [1.54, 1.807) is 0 Å². The summed E-state index contributed by atoms with van der Waals surface area (Å²) in [7, 11) is 0. The molecule has 1 unspecified atom stereocenters. The van der Waals surface area contributed by atoms with Crippen LogP contribution in [0.25, 0.3) is 0 Å². The number of carbonyl (C=O) groups excluding carboxylic acids is 2. The van der Waals surface area contributed by atoms with Gasteiger partial charge in [0.15, 0.2) is 0 Å². The second-order valence-electron chi connectivity index (χ2n) is 9.73. The van der Waals surface area contributed by atoms with Crippen LogP contribution in [0.2, 0.25) is 0 Å². The van der Waals surface area contributed by atoms with Crippen molar-refractivity contribution < 1.29 is 19.4 Å². The van der Waals surface area contributed by atoms with Crippen LogP contribution >= 0.6 is 0 Å². The summed E-state index contributed by atoms with van der Waals surface area (Å²) in [5, 5.41) is 14.4. The Kier molecular flexibility index (Phi) is 5.90. The molecule has 1 aromatic rings. The molecule has 1 saturated carbocycles. The summed E-state index contributed by atoms with van der Waals surface area (Å²) >= 11 is 0. The van der Waals surface area contributed by atoms with Crippen LogP contribution < -0.4 is 5.32 Å². The smallest absolute Gasteiger partial charge is 0.226 e. The zero-order valence-electron chi connectivity index (χ0n) is 18.2. The number of likely N-dealkylation sites (tertiary alicyclic amines) is 1. The van der Waals surface area contributed by atoms with Gasteiger partial charge in [0.05, 0.1) is 17.6 Å². The summed E-state index contributed by atoms with van der Waals surface area (Å²) in [6.45, 7) is 5.60. The van der Waals surface area contributed by atoms with E-state index in [-0.39, 0.29) is 11.8 Å². The topological polar surface area (TPSA) is 78.9 Å². The average Bonchev–Trinajstić information content (AvgIpc) is 3.50. The van der Waals surface area contributed by atoms with Gasteiger partial charge in [0.1, 0.15) is 6.10 Å². The highest BCUT2D eigenvalue weighted by atomic mass is 16.5. The zero-order valence-corrected chi connectivity index (χ0v) is 18.2. The van der Waals surface area contributed by atoms with Gasteiger partial charge < -0.3 is 20.1 Å². The molecule has 2 aliphatic heterocycles. The first-order chi connectivity index (χ1) is 14.3. The van der Waals surface area contributed by atoms with Gasteiger partial charge in [0.25, 0.3) is 0 Å². The molecule has 0 bridgehead atoms. The van der Waals surface area contributed by atoms with Crippen molar-refractivity contribution in [2.75, 3.05) is 19.7 Å². The molecule has 2 amide bonds. The maximum atomic E-state index is 12.8. The minimum absolute atomic E-state index is 0.0295. The monoisotopic (exact) mass is 414 g/mol. The standard InChI is InChI=1S/C24H34N2O4/c1-17-4-3-5-19(14-17)16-21(28)26-11-8-24(9-12-26)22(29)23(2,10-13-30-24)25-20(27)15-18-6-7-18/h3-5,14,18,22,29H,6-13,15-16H2,1-2H3,(H,25,27)/t22?,23-/m1/s1. The molecular weight excluding hydrogens is 380 g/mol. The average molecular weight is 415 g/mol. The lowest BCUT2D eigenvalue weighted by Crippen LogP contribution is -2.69. The summed E-state index contributed by atoms with van der Waals surface area (Å²) in [6.07, 6.45) is 4.20. The van der Waals surface area contributed by atoms with E-state index in [1.165, 1.54) is 0 Å². The molecule has 2 N–H and O–H groups in total. The Labute approximate surface area is 179 Å². The van der Waals surface area contributed by atoms with Crippen LogP contribution in [0.15, 0.2) is 24.3 Å². The third-order valence-electron chi connectivity index (χ3n) is 7.11. The van der Waals surface area contributed by atoms with E-state index in [0.29, 0.717) is 57.7 Å². The lowest BCUT2D eigenvalue weighted by molar-refractivity contribution is -0.208. The van der Waals surface area contributed by atoms with Gasteiger partial charge in [-0.05, 0) is 57.4 Å². The molecule has 0 aromatic heterocycles. The number of aliphatic hydroxyl groups excluding tert-OH is 1. The highest BCUT2D eigenvalue weighted by molar-refractivity contribution is 5.79. The Balaban J connectivity index is 1.36. The van der Waals surface area contributed by atoms with Gasteiger partial charge >= 0.3 is 0 Å². The number of hydrogen-bond acceptors (Lipinski definition) is 4. The predicted octanol–water partition coefficient (Wildman–Crippen LogP) is 2.35. The largest absolute Gasteiger partial charge is 0.388 e. The minimum atomic E-state index is -0.782. The maximum absolute atomic E-state index is 12.8. The predicted molar refractivity (Wildman–Crippen MR) is 114 cm³/mol. The molecule has 2 saturated heterocycles. The molecule has 2 atom stereocenters. The second-order valence-corrected chi connectivity index (χ2v) is 9.73. The van der Waals surface area contributed by atoms with E-state index in [9.17, 15) is 14.7 Å². The van der Waals surface area contributed by atoms with Gasteiger partial charge in [-0.3, -0.25) is 9.59 Å². The summed E-state index contributed by atoms with van der Waals surface area (Å²) < 4.78 is 6.11. The number of piperidine rings is 1. The van der Waals surface area contributed by atoms with Crippen molar-refractivity contribution in [3.63, 3.8) is 0 Å². The first-order valence-electron chi connectivity index (χ1n) is 11.3. The maximum Gasteiger partial charge on any atom is 0.226 e. The summed E-state index contributed by atoms with van der Waals surface area (Å²) in [5.74, 6) is 0.658. The third-order valence-corrected chi connectivity index (χ3v) is 7.11.